The van der Waals surface area contributed by atoms with Crippen molar-refractivity contribution >= 4 is 11.7 Å². The molecule has 1 aromatic heterocycles. The molecule has 0 atom stereocenters. The van der Waals surface area contributed by atoms with Crippen LogP contribution in [0.15, 0.2) is 53.8 Å². The largest absolute Gasteiger partial charge is 0.364 e. The van der Waals surface area contributed by atoms with E-state index in [9.17, 15) is 4.79 Å². The number of nitrogens with zero attached hydrogens (tertiary/aromatic N) is 3. The molecule has 0 aromatic carbocycles. The number of amides is 1. The molecule has 1 aromatic rings. The van der Waals surface area contributed by atoms with Gasteiger partial charge in [-0.1, -0.05) is 12.1 Å². The van der Waals surface area contributed by atoms with Gasteiger partial charge in [0, 0.05) is 19.3 Å². The van der Waals surface area contributed by atoms with Crippen molar-refractivity contribution in [1.82, 2.24) is 9.88 Å². The van der Waals surface area contributed by atoms with Gasteiger partial charge in [-0.05, 0) is 18.2 Å². The highest BCUT2D eigenvalue weighted by molar-refractivity contribution is 6.03. The van der Waals surface area contributed by atoms with Crippen LogP contribution in [0.3, 0.4) is 0 Å². The van der Waals surface area contributed by atoms with Crippen molar-refractivity contribution in [2.24, 2.45) is 10.7 Å². The normalized spacial score (nSPS) is 14.8. The number of rotatable bonds is 4. The molecule has 0 aliphatic carbocycles. The first-order valence-electron chi connectivity index (χ1n) is 5.58. The maximum atomic E-state index is 11.2. The summed E-state index contributed by atoms with van der Waals surface area (Å²) in [5.74, 6) is 0.119. The third kappa shape index (κ3) is 2.45. The molecule has 1 aliphatic rings. The van der Waals surface area contributed by atoms with E-state index < -0.39 is 5.91 Å². The summed E-state index contributed by atoms with van der Waals surface area (Å²) in [5, 5.41) is 0. The van der Waals surface area contributed by atoms with Crippen LogP contribution in [0.25, 0.3) is 0 Å². The minimum absolute atomic E-state index is 0.274. The van der Waals surface area contributed by atoms with Crippen LogP contribution in [0, 0.1) is 0 Å². The second-order valence-electron chi connectivity index (χ2n) is 3.80. The van der Waals surface area contributed by atoms with Crippen molar-refractivity contribution in [3.8, 4) is 0 Å². The van der Waals surface area contributed by atoms with Crippen molar-refractivity contribution in [2.75, 3.05) is 13.1 Å². The molecule has 0 spiro atoms. The van der Waals surface area contributed by atoms with E-state index in [4.69, 9.17) is 5.73 Å². The van der Waals surface area contributed by atoms with Crippen molar-refractivity contribution in [3.63, 3.8) is 0 Å². The molecular weight excluding hydrogens is 228 g/mol. The van der Waals surface area contributed by atoms with Gasteiger partial charge in [0.1, 0.15) is 11.4 Å². The molecular formula is C13H14N4O. The fourth-order valence-electron chi connectivity index (χ4n) is 1.70. The van der Waals surface area contributed by atoms with E-state index >= 15 is 0 Å². The maximum Gasteiger partial charge on any atom is 0.267 e. The van der Waals surface area contributed by atoms with Gasteiger partial charge in [-0.25, -0.2) is 4.99 Å². The van der Waals surface area contributed by atoms with Crippen LogP contribution in [0.5, 0.6) is 0 Å². The van der Waals surface area contributed by atoms with Crippen LogP contribution in [0.2, 0.25) is 0 Å². The molecule has 5 nitrogen and oxygen atoms in total. The Morgan fingerprint density at radius 3 is 3.00 bits per heavy atom. The molecule has 92 valence electrons. The molecule has 2 rings (SSSR count). The smallest absolute Gasteiger partial charge is 0.267 e. The number of carbonyl (C=O) groups excluding carboxylic acids is 1. The Balaban J connectivity index is 2.39. The fraction of sp³-hybridized carbons (Fsp3) is 0.154. The molecule has 0 bridgehead atoms. The predicted octanol–water partition coefficient (Wildman–Crippen LogP) is 0.699. The quantitative estimate of drug-likeness (QED) is 0.790. The highest BCUT2D eigenvalue weighted by Crippen LogP contribution is 2.12. The van der Waals surface area contributed by atoms with Crippen molar-refractivity contribution in [3.05, 3.63) is 54.5 Å². The summed E-state index contributed by atoms with van der Waals surface area (Å²) in [4.78, 5) is 21.7. The van der Waals surface area contributed by atoms with Crippen LogP contribution in [0.1, 0.15) is 5.69 Å². The van der Waals surface area contributed by atoms with E-state index in [1.165, 1.54) is 0 Å². The van der Waals surface area contributed by atoms with E-state index in [2.05, 4.69) is 16.6 Å². The number of pyridine rings is 1. The summed E-state index contributed by atoms with van der Waals surface area (Å²) in [6, 6.07) is 5.55. The lowest BCUT2D eigenvalue weighted by Gasteiger charge is -2.26. The molecule has 18 heavy (non-hydrogen) atoms. The van der Waals surface area contributed by atoms with Crippen molar-refractivity contribution < 1.29 is 4.79 Å². The Labute approximate surface area is 105 Å². The summed E-state index contributed by atoms with van der Waals surface area (Å²) >= 11 is 0. The zero-order valence-electron chi connectivity index (χ0n) is 9.91. The Kier molecular flexibility index (Phi) is 3.52. The SMILES string of the molecule is C=CCN1CC=C(C(N)=O)N=C1c1ccccn1. The Morgan fingerprint density at radius 2 is 2.39 bits per heavy atom. The molecule has 5 heteroatoms. The van der Waals surface area contributed by atoms with E-state index in [-0.39, 0.29) is 5.70 Å². The van der Waals surface area contributed by atoms with E-state index in [0.29, 0.717) is 24.6 Å². The van der Waals surface area contributed by atoms with Crippen LogP contribution in [-0.4, -0.2) is 34.7 Å². The second kappa shape index (κ2) is 5.27. The third-order valence-corrected chi connectivity index (χ3v) is 2.53. The number of aliphatic imine (C=N–C) groups is 1. The molecule has 2 N–H and O–H groups in total. The first kappa shape index (κ1) is 12.0. The van der Waals surface area contributed by atoms with Gasteiger partial charge in [0.2, 0.25) is 0 Å². The fourth-order valence-corrected chi connectivity index (χ4v) is 1.70. The van der Waals surface area contributed by atoms with Gasteiger partial charge in [-0.2, -0.15) is 0 Å². The molecule has 0 unspecified atom stereocenters. The van der Waals surface area contributed by atoms with Gasteiger partial charge in [-0.3, -0.25) is 9.78 Å². The lowest BCUT2D eigenvalue weighted by molar-refractivity contribution is -0.114. The summed E-state index contributed by atoms with van der Waals surface area (Å²) < 4.78 is 0. The van der Waals surface area contributed by atoms with Crippen LogP contribution >= 0.6 is 0 Å². The minimum Gasteiger partial charge on any atom is -0.364 e. The summed E-state index contributed by atoms with van der Waals surface area (Å²) in [6.45, 7) is 4.91. The van der Waals surface area contributed by atoms with Gasteiger partial charge >= 0.3 is 0 Å². The minimum atomic E-state index is -0.526. The van der Waals surface area contributed by atoms with E-state index in [1.807, 2.05) is 23.1 Å². The van der Waals surface area contributed by atoms with Crippen molar-refractivity contribution in [2.45, 2.75) is 0 Å². The predicted molar refractivity (Wildman–Crippen MR) is 69.8 cm³/mol. The first-order chi connectivity index (χ1) is 8.72. The average molecular weight is 242 g/mol. The molecule has 0 fully saturated rings. The van der Waals surface area contributed by atoms with Crippen LogP contribution < -0.4 is 5.73 Å². The lowest BCUT2D eigenvalue weighted by atomic mass is 10.2. The zero-order valence-corrected chi connectivity index (χ0v) is 9.91. The number of hydrogen-bond acceptors (Lipinski definition) is 4. The van der Waals surface area contributed by atoms with Gasteiger partial charge in [0.05, 0.1) is 0 Å². The Hall–Kier alpha value is -2.43. The van der Waals surface area contributed by atoms with E-state index in [0.717, 1.165) is 0 Å². The molecule has 1 aliphatic heterocycles. The first-order valence-corrected chi connectivity index (χ1v) is 5.58. The molecule has 0 saturated carbocycles. The third-order valence-electron chi connectivity index (χ3n) is 2.53. The van der Waals surface area contributed by atoms with E-state index in [1.54, 1.807) is 18.3 Å². The van der Waals surface area contributed by atoms with Crippen molar-refractivity contribution in [1.29, 1.82) is 0 Å². The number of hydrogen-bond donors (Lipinski definition) is 1. The standard InChI is InChI=1S/C13H14N4O/c1-2-8-17-9-6-10(12(14)18)16-13(17)11-5-3-4-7-15-11/h2-7H,1,8-9H2,(H2,14,18). The van der Waals surface area contributed by atoms with Gasteiger partial charge in [0.15, 0.2) is 5.84 Å². The number of carbonyl (C=O) groups is 1. The summed E-state index contributed by atoms with van der Waals surface area (Å²) in [7, 11) is 0. The monoisotopic (exact) mass is 242 g/mol. The summed E-state index contributed by atoms with van der Waals surface area (Å²) in [5.41, 5.74) is 6.24. The Bertz CT molecular complexity index is 519. The average Bonchev–Trinajstić information content (AvgIpc) is 2.40. The number of nitrogens with two attached hydrogens (primary N) is 1. The zero-order chi connectivity index (χ0) is 13.0. The lowest BCUT2D eigenvalue weighted by Crippen LogP contribution is -2.36. The molecule has 1 amide bonds. The Morgan fingerprint density at radius 1 is 1.56 bits per heavy atom. The molecule has 0 radical (unpaired) electrons. The number of aromatic nitrogens is 1. The number of primary amides is 1. The second-order valence-corrected chi connectivity index (χ2v) is 3.80. The number of amidine groups is 1. The van der Waals surface area contributed by atoms with Gasteiger partial charge in [-0.15, -0.1) is 6.58 Å². The van der Waals surface area contributed by atoms with Gasteiger partial charge < -0.3 is 10.6 Å². The summed E-state index contributed by atoms with van der Waals surface area (Å²) in [6.07, 6.45) is 5.17. The highest BCUT2D eigenvalue weighted by Gasteiger charge is 2.19. The maximum absolute atomic E-state index is 11.2. The molecule has 2 heterocycles. The van der Waals surface area contributed by atoms with Crippen LogP contribution in [0.4, 0.5) is 0 Å². The molecule has 0 saturated heterocycles. The topological polar surface area (TPSA) is 71.6 Å². The highest BCUT2D eigenvalue weighted by atomic mass is 16.1. The van der Waals surface area contributed by atoms with Crippen LogP contribution in [-0.2, 0) is 4.79 Å². The van der Waals surface area contributed by atoms with Gasteiger partial charge in [0.25, 0.3) is 5.91 Å².